The molecule has 2 aliphatic rings. The number of hydrogen-bond acceptors (Lipinski definition) is 3. The van der Waals surface area contributed by atoms with Gasteiger partial charge in [0, 0.05) is 38.3 Å². The molecule has 1 saturated heterocycles. The highest BCUT2D eigenvalue weighted by molar-refractivity contribution is 5.79. The van der Waals surface area contributed by atoms with E-state index in [0.717, 1.165) is 37.9 Å². The summed E-state index contributed by atoms with van der Waals surface area (Å²) in [5, 5.41) is 0. The molecule has 4 nitrogen and oxygen atoms in total. The summed E-state index contributed by atoms with van der Waals surface area (Å²) in [7, 11) is 0. The molecule has 24 heavy (non-hydrogen) atoms. The van der Waals surface area contributed by atoms with Gasteiger partial charge in [0.1, 0.15) is 5.82 Å². The van der Waals surface area contributed by atoms with E-state index in [-0.39, 0.29) is 11.8 Å². The molecule has 0 radical (unpaired) electrons. The zero-order chi connectivity index (χ0) is 17.2. The van der Waals surface area contributed by atoms with Gasteiger partial charge in [-0.05, 0) is 25.0 Å². The number of piperazine rings is 1. The number of hydrogen-bond donors (Lipinski definition) is 0. The summed E-state index contributed by atoms with van der Waals surface area (Å²) in [6.07, 6.45) is 1.96. The average molecular weight is 341 g/mol. The highest BCUT2D eigenvalue weighted by Crippen LogP contribution is 2.30. The molecule has 7 heteroatoms. The third-order valence-corrected chi connectivity index (χ3v) is 4.94. The van der Waals surface area contributed by atoms with Gasteiger partial charge in [0.05, 0.1) is 5.56 Å². The second kappa shape index (κ2) is 6.99. The summed E-state index contributed by atoms with van der Waals surface area (Å²) < 4.78 is 37.7. The Morgan fingerprint density at radius 3 is 2.25 bits per heavy atom. The monoisotopic (exact) mass is 341 g/mol. The first-order valence-electron chi connectivity index (χ1n) is 8.52. The van der Waals surface area contributed by atoms with Crippen LogP contribution in [0.3, 0.4) is 0 Å². The number of alkyl halides is 3. The minimum Gasteiger partial charge on any atom is -0.353 e. The first-order chi connectivity index (χ1) is 11.4. The molecule has 132 valence electrons. The lowest BCUT2D eigenvalue weighted by Gasteiger charge is -2.37. The van der Waals surface area contributed by atoms with Crippen LogP contribution in [0.15, 0.2) is 18.3 Å². The molecule has 1 saturated carbocycles. The van der Waals surface area contributed by atoms with Crippen LogP contribution in [-0.2, 0) is 11.0 Å². The van der Waals surface area contributed by atoms with Crippen LogP contribution in [0.25, 0.3) is 0 Å². The van der Waals surface area contributed by atoms with Crippen LogP contribution in [0.5, 0.6) is 0 Å². The van der Waals surface area contributed by atoms with E-state index >= 15 is 0 Å². The topological polar surface area (TPSA) is 36.4 Å². The molecule has 0 spiro atoms. The number of carbonyl (C=O) groups excluding carboxylic acids is 1. The first-order valence-corrected chi connectivity index (χ1v) is 8.52. The summed E-state index contributed by atoms with van der Waals surface area (Å²) >= 11 is 0. The Hall–Kier alpha value is -1.79. The maximum Gasteiger partial charge on any atom is 0.417 e. The fraction of sp³-hybridized carbons (Fsp3) is 0.647. The van der Waals surface area contributed by atoms with Crippen molar-refractivity contribution in [3.05, 3.63) is 23.9 Å². The molecule has 2 heterocycles. The van der Waals surface area contributed by atoms with Gasteiger partial charge in [0.25, 0.3) is 0 Å². The Morgan fingerprint density at radius 1 is 1.04 bits per heavy atom. The van der Waals surface area contributed by atoms with Gasteiger partial charge in [-0.1, -0.05) is 19.3 Å². The summed E-state index contributed by atoms with van der Waals surface area (Å²) in [4.78, 5) is 20.3. The Labute approximate surface area is 139 Å². The molecule has 1 aliphatic carbocycles. The van der Waals surface area contributed by atoms with Crippen LogP contribution in [0.4, 0.5) is 19.0 Å². The van der Waals surface area contributed by atoms with Crippen LogP contribution in [0, 0.1) is 5.92 Å². The van der Waals surface area contributed by atoms with E-state index in [2.05, 4.69) is 4.98 Å². The number of pyridine rings is 1. The molecule has 0 atom stereocenters. The summed E-state index contributed by atoms with van der Waals surface area (Å²) in [5.41, 5.74) is -0.739. The van der Waals surface area contributed by atoms with Crippen molar-refractivity contribution in [2.45, 2.75) is 38.3 Å². The third-order valence-electron chi connectivity index (χ3n) is 4.94. The zero-order valence-corrected chi connectivity index (χ0v) is 13.6. The fourth-order valence-electron chi connectivity index (χ4n) is 3.50. The van der Waals surface area contributed by atoms with Crippen molar-refractivity contribution >= 4 is 11.7 Å². The number of halogens is 3. The Balaban J connectivity index is 1.55. The van der Waals surface area contributed by atoms with Gasteiger partial charge in [0.2, 0.25) is 5.91 Å². The number of rotatable bonds is 2. The van der Waals surface area contributed by atoms with Crippen LogP contribution in [-0.4, -0.2) is 42.0 Å². The summed E-state index contributed by atoms with van der Waals surface area (Å²) in [6.45, 7) is 2.43. The molecular weight excluding hydrogens is 319 g/mol. The van der Waals surface area contributed by atoms with E-state index in [1.165, 1.54) is 12.5 Å². The molecule has 1 amide bonds. The fourth-order valence-corrected chi connectivity index (χ4v) is 3.50. The van der Waals surface area contributed by atoms with Gasteiger partial charge in [0.15, 0.2) is 0 Å². The van der Waals surface area contributed by atoms with Gasteiger partial charge in [-0.2, -0.15) is 13.2 Å². The van der Waals surface area contributed by atoms with Crippen molar-refractivity contribution in [2.24, 2.45) is 5.92 Å². The molecule has 0 bridgehead atoms. The maximum absolute atomic E-state index is 12.6. The lowest BCUT2D eigenvalue weighted by molar-refractivity contribution is -0.138. The second-order valence-corrected chi connectivity index (χ2v) is 6.55. The Bertz CT molecular complexity index is 559. The SMILES string of the molecule is O=C(C1CCCCC1)N1CCN(c2ccc(C(F)(F)F)cn2)CC1. The van der Waals surface area contributed by atoms with E-state index in [9.17, 15) is 18.0 Å². The largest absolute Gasteiger partial charge is 0.417 e. The summed E-state index contributed by atoms with van der Waals surface area (Å²) in [5.74, 6) is 0.942. The number of anilines is 1. The normalized spacial score (nSPS) is 20.3. The van der Waals surface area contributed by atoms with Crippen molar-refractivity contribution in [3.63, 3.8) is 0 Å². The van der Waals surface area contributed by atoms with E-state index in [1.807, 2.05) is 9.80 Å². The molecule has 1 aliphatic heterocycles. The van der Waals surface area contributed by atoms with Crippen LogP contribution < -0.4 is 4.90 Å². The van der Waals surface area contributed by atoms with Crippen molar-refractivity contribution in [3.8, 4) is 0 Å². The predicted molar refractivity (Wildman–Crippen MR) is 84.6 cm³/mol. The minimum absolute atomic E-state index is 0.162. The molecule has 2 fully saturated rings. The smallest absolute Gasteiger partial charge is 0.353 e. The van der Waals surface area contributed by atoms with Crippen LogP contribution in [0.2, 0.25) is 0 Å². The molecule has 1 aromatic heterocycles. The minimum atomic E-state index is -4.36. The maximum atomic E-state index is 12.6. The Morgan fingerprint density at radius 2 is 1.71 bits per heavy atom. The lowest BCUT2D eigenvalue weighted by atomic mass is 9.88. The average Bonchev–Trinajstić information content (AvgIpc) is 2.61. The van der Waals surface area contributed by atoms with Gasteiger partial charge < -0.3 is 9.80 Å². The van der Waals surface area contributed by atoms with E-state index < -0.39 is 11.7 Å². The van der Waals surface area contributed by atoms with Gasteiger partial charge in [-0.3, -0.25) is 4.79 Å². The number of carbonyl (C=O) groups is 1. The molecular formula is C17H22F3N3O. The molecule has 0 unspecified atom stereocenters. The van der Waals surface area contributed by atoms with Gasteiger partial charge in [-0.15, -0.1) is 0 Å². The predicted octanol–water partition coefficient (Wildman–Crippen LogP) is 3.33. The second-order valence-electron chi connectivity index (χ2n) is 6.55. The van der Waals surface area contributed by atoms with Crippen LogP contribution in [0.1, 0.15) is 37.7 Å². The van der Waals surface area contributed by atoms with Crippen molar-refractivity contribution in [1.29, 1.82) is 0 Å². The molecule has 0 N–H and O–H groups in total. The number of aromatic nitrogens is 1. The number of nitrogens with zero attached hydrogens (tertiary/aromatic N) is 3. The van der Waals surface area contributed by atoms with Crippen molar-refractivity contribution in [2.75, 3.05) is 31.1 Å². The highest BCUT2D eigenvalue weighted by Gasteiger charge is 2.32. The van der Waals surface area contributed by atoms with E-state index in [4.69, 9.17) is 0 Å². The van der Waals surface area contributed by atoms with E-state index in [0.29, 0.717) is 32.0 Å². The molecule has 1 aromatic rings. The quantitative estimate of drug-likeness (QED) is 0.828. The lowest BCUT2D eigenvalue weighted by Crippen LogP contribution is -2.50. The van der Waals surface area contributed by atoms with Crippen molar-refractivity contribution in [1.82, 2.24) is 9.88 Å². The highest BCUT2D eigenvalue weighted by atomic mass is 19.4. The number of amides is 1. The standard InChI is InChI=1S/C17H22F3N3O/c18-17(19,20)14-6-7-15(21-12-14)22-8-10-23(11-9-22)16(24)13-4-2-1-3-5-13/h6-7,12-13H,1-5,8-11H2. The van der Waals surface area contributed by atoms with Gasteiger partial charge in [-0.25, -0.2) is 4.98 Å². The Kier molecular flexibility index (Phi) is 4.96. The third kappa shape index (κ3) is 3.82. The van der Waals surface area contributed by atoms with Gasteiger partial charge >= 0.3 is 6.18 Å². The van der Waals surface area contributed by atoms with Crippen LogP contribution >= 0.6 is 0 Å². The van der Waals surface area contributed by atoms with Crippen molar-refractivity contribution < 1.29 is 18.0 Å². The molecule has 3 rings (SSSR count). The molecule has 0 aromatic carbocycles. The van der Waals surface area contributed by atoms with E-state index in [1.54, 1.807) is 0 Å². The first kappa shape index (κ1) is 17.0. The zero-order valence-electron chi connectivity index (χ0n) is 13.6. The summed E-state index contributed by atoms with van der Waals surface area (Å²) in [6, 6.07) is 2.46.